The standard InChI is InChI=1S/C9H12BrF3N4O/c1-18-7-6(10)4-15-8(16-7)17(3-2-14)5-9(11,12)13/h4H,2-3,5,14H2,1H3. The highest BCUT2D eigenvalue weighted by Gasteiger charge is 2.31. The molecule has 0 aliphatic heterocycles. The fourth-order valence-electron chi connectivity index (χ4n) is 1.26. The van der Waals surface area contributed by atoms with Gasteiger partial charge in [-0.2, -0.15) is 18.2 Å². The van der Waals surface area contributed by atoms with Gasteiger partial charge < -0.3 is 15.4 Å². The minimum Gasteiger partial charge on any atom is -0.480 e. The zero-order chi connectivity index (χ0) is 13.8. The Labute approximate surface area is 110 Å². The summed E-state index contributed by atoms with van der Waals surface area (Å²) in [6, 6.07) is 0. The number of nitrogens with two attached hydrogens (primary N) is 1. The largest absolute Gasteiger partial charge is 0.480 e. The van der Waals surface area contributed by atoms with Crippen LogP contribution in [0.2, 0.25) is 0 Å². The van der Waals surface area contributed by atoms with Crippen molar-refractivity contribution in [1.82, 2.24) is 9.97 Å². The molecule has 1 aromatic rings. The van der Waals surface area contributed by atoms with Crippen molar-refractivity contribution in [2.75, 3.05) is 31.6 Å². The molecule has 0 atom stereocenters. The van der Waals surface area contributed by atoms with Crippen molar-refractivity contribution < 1.29 is 17.9 Å². The molecule has 2 N–H and O–H groups in total. The van der Waals surface area contributed by atoms with Crippen molar-refractivity contribution in [3.8, 4) is 5.88 Å². The smallest absolute Gasteiger partial charge is 0.406 e. The maximum absolute atomic E-state index is 12.4. The fraction of sp³-hybridized carbons (Fsp3) is 0.556. The van der Waals surface area contributed by atoms with Crippen molar-refractivity contribution >= 4 is 21.9 Å². The predicted octanol–water partition coefficient (Wildman–Crippen LogP) is 1.58. The molecule has 0 aliphatic rings. The molecule has 102 valence electrons. The lowest BCUT2D eigenvalue weighted by Crippen LogP contribution is -2.38. The van der Waals surface area contributed by atoms with Gasteiger partial charge in [-0.25, -0.2) is 4.98 Å². The van der Waals surface area contributed by atoms with Gasteiger partial charge in [0, 0.05) is 13.1 Å². The maximum Gasteiger partial charge on any atom is 0.406 e. The quantitative estimate of drug-likeness (QED) is 0.889. The summed E-state index contributed by atoms with van der Waals surface area (Å²) in [5.41, 5.74) is 5.28. The third-order valence-corrected chi connectivity index (χ3v) is 2.49. The lowest BCUT2D eigenvalue weighted by Gasteiger charge is -2.23. The van der Waals surface area contributed by atoms with Gasteiger partial charge in [0.2, 0.25) is 11.8 Å². The van der Waals surface area contributed by atoms with Gasteiger partial charge in [-0.05, 0) is 15.9 Å². The Morgan fingerprint density at radius 2 is 2.17 bits per heavy atom. The van der Waals surface area contributed by atoms with Crippen LogP contribution in [0.4, 0.5) is 19.1 Å². The molecule has 5 nitrogen and oxygen atoms in total. The third-order valence-electron chi connectivity index (χ3n) is 1.94. The Morgan fingerprint density at radius 3 is 2.67 bits per heavy atom. The number of rotatable bonds is 5. The van der Waals surface area contributed by atoms with Crippen LogP contribution in [0.5, 0.6) is 5.88 Å². The SMILES string of the molecule is COc1nc(N(CCN)CC(F)(F)F)ncc1Br. The molecule has 0 spiro atoms. The van der Waals surface area contributed by atoms with E-state index in [-0.39, 0.29) is 24.9 Å². The van der Waals surface area contributed by atoms with Crippen LogP contribution in [0, 0.1) is 0 Å². The highest BCUT2D eigenvalue weighted by molar-refractivity contribution is 9.10. The number of nitrogens with zero attached hydrogens (tertiary/aromatic N) is 3. The molecule has 0 fully saturated rings. The molecule has 18 heavy (non-hydrogen) atoms. The molecule has 0 saturated carbocycles. The molecule has 0 amide bonds. The van der Waals surface area contributed by atoms with E-state index >= 15 is 0 Å². The lowest BCUT2D eigenvalue weighted by atomic mass is 10.4. The molecule has 0 bridgehead atoms. The fourth-order valence-corrected chi connectivity index (χ4v) is 1.61. The van der Waals surface area contributed by atoms with Crippen molar-refractivity contribution in [2.45, 2.75) is 6.18 Å². The number of halogens is 4. The zero-order valence-corrected chi connectivity index (χ0v) is 11.1. The van der Waals surface area contributed by atoms with Gasteiger partial charge in [-0.15, -0.1) is 0 Å². The first-order chi connectivity index (χ1) is 8.37. The Balaban J connectivity index is 2.98. The van der Waals surface area contributed by atoms with E-state index in [9.17, 15) is 13.2 Å². The van der Waals surface area contributed by atoms with Crippen molar-refractivity contribution in [3.63, 3.8) is 0 Å². The van der Waals surface area contributed by atoms with E-state index in [1.807, 2.05) is 0 Å². The second-order valence-corrected chi connectivity index (χ2v) is 4.21. The van der Waals surface area contributed by atoms with Crippen molar-refractivity contribution in [3.05, 3.63) is 10.7 Å². The van der Waals surface area contributed by atoms with Crippen LogP contribution in [0.25, 0.3) is 0 Å². The van der Waals surface area contributed by atoms with E-state index in [1.54, 1.807) is 0 Å². The first-order valence-corrected chi connectivity index (χ1v) is 5.75. The van der Waals surface area contributed by atoms with E-state index < -0.39 is 12.7 Å². The number of alkyl halides is 3. The average molecular weight is 329 g/mol. The molecular formula is C9H12BrF3N4O. The Bertz CT molecular complexity index is 402. The van der Waals surface area contributed by atoms with Gasteiger partial charge in [0.25, 0.3) is 0 Å². The normalized spacial score (nSPS) is 11.4. The van der Waals surface area contributed by atoms with E-state index in [2.05, 4.69) is 25.9 Å². The van der Waals surface area contributed by atoms with Crippen LogP contribution in [0.1, 0.15) is 0 Å². The number of methoxy groups -OCH3 is 1. The van der Waals surface area contributed by atoms with E-state index in [0.29, 0.717) is 4.47 Å². The molecule has 0 aliphatic carbocycles. The predicted molar refractivity (Wildman–Crippen MR) is 63.6 cm³/mol. The molecule has 1 rings (SSSR count). The van der Waals surface area contributed by atoms with Crippen LogP contribution >= 0.6 is 15.9 Å². The van der Waals surface area contributed by atoms with Crippen LogP contribution in [-0.2, 0) is 0 Å². The van der Waals surface area contributed by atoms with E-state index in [4.69, 9.17) is 10.5 Å². The first kappa shape index (κ1) is 15.0. The number of anilines is 1. The Morgan fingerprint density at radius 1 is 1.50 bits per heavy atom. The van der Waals surface area contributed by atoms with Gasteiger partial charge in [0.1, 0.15) is 6.54 Å². The Kier molecular flexibility index (Phi) is 5.15. The monoisotopic (exact) mass is 328 g/mol. The molecule has 1 heterocycles. The molecule has 1 aromatic heterocycles. The number of aromatic nitrogens is 2. The second kappa shape index (κ2) is 6.19. The summed E-state index contributed by atoms with van der Waals surface area (Å²) in [5.74, 6) is 0.0991. The average Bonchev–Trinajstić information content (AvgIpc) is 2.27. The van der Waals surface area contributed by atoms with Crippen LogP contribution in [0.15, 0.2) is 10.7 Å². The summed E-state index contributed by atoms with van der Waals surface area (Å²) < 4.78 is 42.6. The van der Waals surface area contributed by atoms with Crippen molar-refractivity contribution in [2.24, 2.45) is 5.73 Å². The molecule has 0 aromatic carbocycles. The van der Waals surface area contributed by atoms with Gasteiger partial charge in [0.05, 0.1) is 17.8 Å². The number of ether oxygens (including phenoxy) is 1. The first-order valence-electron chi connectivity index (χ1n) is 4.95. The van der Waals surface area contributed by atoms with Gasteiger partial charge in [-0.1, -0.05) is 0 Å². The molecule has 0 unspecified atom stereocenters. The minimum absolute atomic E-state index is 0.00426. The summed E-state index contributed by atoms with van der Waals surface area (Å²) in [6.45, 7) is -1.09. The minimum atomic E-state index is -4.35. The topological polar surface area (TPSA) is 64.3 Å². The summed E-state index contributed by atoms with van der Waals surface area (Å²) in [5, 5.41) is 0. The van der Waals surface area contributed by atoms with Gasteiger partial charge in [0.15, 0.2) is 0 Å². The maximum atomic E-state index is 12.4. The van der Waals surface area contributed by atoms with Gasteiger partial charge in [-0.3, -0.25) is 0 Å². The molecule has 0 radical (unpaired) electrons. The molecule has 0 saturated heterocycles. The number of hydrogen-bond donors (Lipinski definition) is 1. The second-order valence-electron chi connectivity index (χ2n) is 3.35. The van der Waals surface area contributed by atoms with Crippen LogP contribution in [0.3, 0.4) is 0 Å². The van der Waals surface area contributed by atoms with E-state index in [1.165, 1.54) is 13.3 Å². The van der Waals surface area contributed by atoms with Crippen LogP contribution in [-0.4, -0.2) is 42.9 Å². The van der Waals surface area contributed by atoms with Gasteiger partial charge >= 0.3 is 6.18 Å². The highest BCUT2D eigenvalue weighted by Crippen LogP contribution is 2.25. The lowest BCUT2D eigenvalue weighted by molar-refractivity contribution is -0.119. The summed E-state index contributed by atoms with van der Waals surface area (Å²) in [7, 11) is 1.37. The third kappa shape index (κ3) is 4.30. The number of hydrogen-bond acceptors (Lipinski definition) is 5. The summed E-state index contributed by atoms with van der Waals surface area (Å²) >= 11 is 3.12. The highest BCUT2D eigenvalue weighted by atomic mass is 79.9. The van der Waals surface area contributed by atoms with Crippen molar-refractivity contribution in [1.29, 1.82) is 0 Å². The molecular weight excluding hydrogens is 317 g/mol. The molecule has 9 heteroatoms. The summed E-state index contributed by atoms with van der Waals surface area (Å²) in [4.78, 5) is 8.66. The van der Waals surface area contributed by atoms with E-state index in [0.717, 1.165) is 4.90 Å². The zero-order valence-electron chi connectivity index (χ0n) is 9.54. The Hall–Kier alpha value is -1.09. The summed E-state index contributed by atoms with van der Waals surface area (Å²) in [6.07, 6.45) is -3.01. The van der Waals surface area contributed by atoms with Crippen LogP contribution < -0.4 is 15.4 Å².